The van der Waals surface area contributed by atoms with Gasteiger partial charge in [-0.3, -0.25) is 9.78 Å². The van der Waals surface area contributed by atoms with Crippen LogP contribution in [0.5, 0.6) is 17.5 Å². The van der Waals surface area contributed by atoms with Gasteiger partial charge in [-0.2, -0.15) is 4.98 Å². The molecule has 3 rings (SSSR count). The van der Waals surface area contributed by atoms with Crippen LogP contribution in [0.2, 0.25) is 5.02 Å². The summed E-state index contributed by atoms with van der Waals surface area (Å²) in [5, 5.41) is 0.619. The number of carbonyl (C=O) groups is 1. The summed E-state index contributed by atoms with van der Waals surface area (Å²) in [6.45, 7) is 4.66. The van der Waals surface area contributed by atoms with E-state index >= 15 is 0 Å². The molecule has 8 heteroatoms. The lowest BCUT2D eigenvalue weighted by Crippen LogP contribution is -2.53. The number of piperidine rings is 1. The standard InChI is InChI=1S/C20H24ClN3O4/c1-20(2,28-15-8-6-14(21)7-9-15)19(25)24-10-4-5-16(13-24)27-18-12-22-11-17(23-18)26-3/h6-9,11-12,16H,4-5,10,13H2,1-3H3. The molecule has 0 saturated carbocycles. The van der Waals surface area contributed by atoms with Gasteiger partial charge in [-0.05, 0) is 51.0 Å². The summed E-state index contributed by atoms with van der Waals surface area (Å²) in [6.07, 6.45) is 4.56. The number of likely N-dealkylation sites (tertiary alicyclic amines) is 1. The summed E-state index contributed by atoms with van der Waals surface area (Å²) in [5.74, 6) is 1.28. The van der Waals surface area contributed by atoms with E-state index in [1.165, 1.54) is 19.5 Å². The number of aromatic nitrogens is 2. The monoisotopic (exact) mass is 405 g/mol. The van der Waals surface area contributed by atoms with Crippen LogP contribution >= 0.6 is 11.6 Å². The maximum Gasteiger partial charge on any atom is 0.266 e. The van der Waals surface area contributed by atoms with Gasteiger partial charge in [-0.25, -0.2) is 0 Å². The molecule has 0 spiro atoms. The predicted octanol–water partition coefficient (Wildman–Crippen LogP) is 3.37. The number of methoxy groups -OCH3 is 1. The van der Waals surface area contributed by atoms with Crippen molar-refractivity contribution in [2.24, 2.45) is 0 Å². The van der Waals surface area contributed by atoms with Crippen molar-refractivity contribution in [1.29, 1.82) is 0 Å². The van der Waals surface area contributed by atoms with Crippen molar-refractivity contribution in [3.8, 4) is 17.5 Å². The second kappa shape index (κ2) is 8.65. The Labute approximate surface area is 169 Å². The third kappa shape index (κ3) is 5.04. The second-order valence-corrected chi connectivity index (χ2v) is 7.54. The molecular formula is C20H24ClN3O4. The highest BCUT2D eigenvalue weighted by atomic mass is 35.5. The highest BCUT2D eigenvalue weighted by Crippen LogP contribution is 2.25. The van der Waals surface area contributed by atoms with Crippen LogP contribution in [-0.4, -0.2) is 52.7 Å². The van der Waals surface area contributed by atoms with Gasteiger partial charge in [0, 0.05) is 11.6 Å². The van der Waals surface area contributed by atoms with Gasteiger partial charge in [-0.1, -0.05) is 11.6 Å². The molecule has 1 aliphatic rings. The fourth-order valence-corrected chi connectivity index (χ4v) is 3.22. The quantitative estimate of drug-likeness (QED) is 0.733. The number of benzene rings is 1. The van der Waals surface area contributed by atoms with Crippen LogP contribution in [0.3, 0.4) is 0 Å². The van der Waals surface area contributed by atoms with Crippen molar-refractivity contribution in [3.63, 3.8) is 0 Å². The van der Waals surface area contributed by atoms with Crippen LogP contribution in [0.4, 0.5) is 0 Å². The minimum Gasteiger partial charge on any atom is -0.480 e. The topological polar surface area (TPSA) is 73.8 Å². The minimum absolute atomic E-state index is 0.0903. The number of amides is 1. The molecule has 2 heterocycles. The molecule has 1 saturated heterocycles. The Morgan fingerprint density at radius 1 is 1.21 bits per heavy atom. The molecule has 7 nitrogen and oxygen atoms in total. The van der Waals surface area contributed by atoms with Gasteiger partial charge in [0.1, 0.15) is 11.9 Å². The van der Waals surface area contributed by atoms with Crippen LogP contribution in [0.25, 0.3) is 0 Å². The Balaban J connectivity index is 1.63. The van der Waals surface area contributed by atoms with Crippen molar-refractivity contribution in [2.75, 3.05) is 20.2 Å². The zero-order valence-electron chi connectivity index (χ0n) is 16.2. The third-order valence-corrected chi connectivity index (χ3v) is 4.71. The first-order chi connectivity index (χ1) is 13.4. The average molecular weight is 406 g/mol. The number of hydrogen-bond acceptors (Lipinski definition) is 6. The van der Waals surface area contributed by atoms with Crippen LogP contribution in [0.15, 0.2) is 36.7 Å². The van der Waals surface area contributed by atoms with Crippen LogP contribution in [0.1, 0.15) is 26.7 Å². The zero-order chi connectivity index (χ0) is 20.1. The molecule has 1 fully saturated rings. The van der Waals surface area contributed by atoms with E-state index in [1.54, 1.807) is 43.0 Å². The van der Waals surface area contributed by atoms with Crippen LogP contribution in [-0.2, 0) is 4.79 Å². The molecule has 150 valence electrons. The number of carbonyl (C=O) groups excluding carboxylic acids is 1. The molecule has 1 aromatic heterocycles. The largest absolute Gasteiger partial charge is 0.480 e. The zero-order valence-corrected chi connectivity index (χ0v) is 17.0. The minimum atomic E-state index is -1.01. The summed E-state index contributed by atoms with van der Waals surface area (Å²) < 4.78 is 16.9. The number of hydrogen-bond donors (Lipinski definition) is 0. The average Bonchev–Trinajstić information content (AvgIpc) is 2.69. The lowest BCUT2D eigenvalue weighted by Gasteiger charge is -2.37. The molecule has 1 unspecified atom stereocenters. The molecule has 28 heavy (non-hydrogen) atoms. The van der Waals surface area contributed by atoms with Crippen molar-refractivity contribution in [1.82, 2.24) is 14.9 Å². The lowest BCUT2D eigenvalue weighted by molar-refractivity contribution is -0.148. The molecule has 0 bridgehead atoms. The molecule has 0 N–H and O–H groups in total. The summed E-state index contributed by atoms with van der Waals surface area (Å²) in [5.41, 5.74) is -1.01. The fraction of sp³-hybridized carbons (Fsp3) is 0.450. The molecule has 1 aliphatic heterocycles. The van der Waals surface area contributed by atoms with Gasteiger partial charge in [0.15, 0.2) is 5.60 Å². The first-order valence-electron chi connectivity index (χ1n) is 9.14. The number of rotatable bonds is 6. The summed E-state index contributed by atoms with van der Waals surface area (Å²) >= 11 is 5.91. The molecule has 1 atom stereocenters. The summed E-state index contributed by atoms with van der Waals surface area (Å²) in [6, 6.07) is 6.97. The van der Waals surface area contributed by atoms with E-state index in [0.717, 1.165) is 12.8 Å². The van der Waals surface area contributed by atoms with E-state index in [4.69, 9.17) is 25.8 Å². The molecule has 0 radical (unpaired) electrons. The summed E-state index contributed by atoms with van der Waals surface area (Å²) in [7, 11) is 1.53. The maximum absolute atomic E-state index is 13.1. The van der Waals surface area contributed by atoms with Gasteiger partial charge < -0.3 is 19.1 Å². The maximum atomic E-state index is 13.1. The molecule has 1 aromatic carbocycles. The van der Waals surface area contributed by atoms with Crippen molar-refractivity contribution in [2.45, 2.75) is 38.4 Å². The first-order valence-corrected chi connectivity index (χ1v) is 9.52. The number of halogens is 1. The van der Waals surface area contributed by atoms with Crippen LogP contribution in [0, 0.1) is 0 Å². The SMILES string of the molecule is COc1cncc(OC2CCCN(C(=O)C(C)(C)Oc3ccc(Cl)cc3)C2)n1. The van der Waals surface area contributed by atoms with Crippen molar-refractivity contribution < 1.29 is 19.0 Å². The Morgan fingerprint density at radius 3 is 2.64 bits per heavy atom. The third-order valence-electron chi connectivity index (χ3n) is 4.45. The van der Waals surface area contributed by atoms with E-state index in [9.17, 15) is 4.79 Å². The first kappa shape index (κ1) is 20.2. The Morgan fingerprint density at radius 2 is 1.93 bits per heavy atom. The van der Waals surface area contributed by atoms with Crippen LogP contribution < -0.4 is 14.2 Å². The second-order valence-electron chi connectivity index (χ2n) is 7.10. The van der Waals surface area contributed by atoms with Gasteiger partial charge in [0.05, 0.1) is 26.0 Å². The van der Waals surface area contributed by atoms with Gasteiger partial charge in [-0.15, -0.1) is 0 Å². The van der Waals surface area contributed by atoms with Crippen molar-refractivity contribution in [3.05, 3.63) is 41.7 Å². The number of nitrogens with zero attached hydrogens (tertiary/aromatic N) is 3. The lowest BCUT2D eigenvalue weighted by atomic mass is 10.0. The van der Waals surface area contributed by atoms with Crippen molar-refractivity contribution >= 4 is 17.5 Å². The smallest absolute Gasteiger partial charge is 0.266 e. The highest BCUT2D eigenvalue weighted by Gasteiger charge is 2.37. The Hall–Kier alpha value is -2.54. The molecule has 1 amide bonds. The Kier molecular flexibility index (Phi) is 6.24. The molecular weight excluding hydrogens is 382 g/mol. The van der Waals surface area contributed by atoms with E-state index in [-0.39, 0.29) is 12.0 Å². The number of ether oxygens (including phenoxy) is 3. The van der Waals surface area contributed by atoms with Gasteiger partial charge in [0.25, 0.3) is 5.91 Å². The normalized spacial score (nSPS) is 17.1. The highest BCUT2D eigenvalue weighted by molar-refractivity contribution is 6.30. The van der Waals surface area contributed by atoms with E-state index in [2.05, 4.69) is 9.97 Å². The van der Waals surface area contributed by atoms with E-state index in [0.29, 0.717) is 35.6 Å². The van der Waals surface area contributed by atoms with Gasteiger partial charge >= 0.3 is 0 Å². The van der Waals surface area contributed by atoms with E-state index < -0.39 is 5.60 Å². The fourth-order valence-electron chi connectivity index (χ4n) is 3.10. The Bertz CT molecular complexity index is 813. The van der Waals surface area contributed by atoms with Gasteiger partial charge in [0.2, 0.25) is 11.8 Å². The molecule has 2 aromatic rings. The molecule has 0 aliphatic carbocycles. The van der Waals surface area contributed by atoms with E-state index in [1.807, 2.05) is 0 Å². The summed E-state index contributed by atoms with van der Waals surface area (Å²) in [4.78, 5) is 23.1. The predicted molar refractivity (Wildman–Crippen MR) is 105 cm³/mol.